The van der Waals surface area contributed by atoms with Gasteiger partial charge in [0.2, 0.25) is 0 Å². The first-order valence-electron chi connectivity index (χ1n) is 13.1. The molecule has 0 N–H and O–H groups in total. The molecule has 194 valence electrons. The van der Waals surface area contributed by atoms with Gasteiger partial charge in [-0.25, -0.2) is 19.6 Å². The third kappa shape index (κ3) is 4.02. The minimum absolute atomic E-state index is 0.0365. The van der Waals surface area contributed by atoms with Crippen molar-refractivity contribution in [2.75, 3.05) is 50.2 Å². The highest BCUT2D eigenvalue weighted by atomic mass is 17.2. The average molecular weight is 495 g/mol. The number of aryl methyl sites for hydroxylation is 2. The van der Waals surface area contributed by atoms with Gasteiger partial charge >= 0.3 is 0 Å². The number of likely N-dealkylation sites (N-methyl/N-ethyl adjacent to an activating group) is 2. The molecular weight excluding hydrogens is 456 g/mol. The summed E-state index contributed by atoms with van der Waals surface area (Å²) in [6.07, 6.45) is 0.476. The van der Waals surface area contributed by atoms with Crippen LogP contribution in [0.25, 0.3) is 0 Å². The lowest BCUT2D eigenvalue weighted by Crippen LogP contribution is -2.33. The summed E-state index contributed by atoms with van der Waals surface area (Å²) in [6, 6.07) is 8.98. The van der Waals surface area contributed by atoms with Gasteiger partial charge in [-0.2, -0.15) is 0 Å². The van der Waals surface area contributed by atoms with E-state index in [0.717, 1.165) is 55.7 Å². The number of anilines is 2. The molecule has 5 rings (SSSR count). The van der Waals surface area contributed by atoms with E-state index in [1.165, 1.54) is 42.3 Å². The topological polar surface area (TPSA) is 60.5 Å². The first-order chi connectivity index (χ1) is 17.4. The average Bonchev–Trinajstić information content (AvgIpc) is 3.54. The van der Waals surface area contributed by atoms with Gasteiger partial charge in [0.1, 0.15) is 6.10 Å². The number of rotatable bonds is 8. The lowest BCUT2D eigenvalue weighted by Gasteiger charge is -2.27. The molecule has 2 aliphatic heterocycles. The third-order valence-electron chi connectivity index (χ3n) is 8.32. The number of fused-ring (bicyclic) bond motifs is 2. The van der Waals surface area contributed by atoms with E-state index in [2.05, 4.69) is 61.8 Å². The van der Waals surface area contributed by atoms with Crippen LogP contribution in [-0.2, 0) is 37.2 Å². The fraction of sp³-hybridized carbons (Fsp3) is 0.552. The van der Waals surface area contributed by atoms with E-state index < -0.39 is 18.1 Å². The van der Waals surface area contributed by atoms with Gasteiger partial charge in [-0.3, -0.25) is 4.79 Å². The molecule has 0 aromatic heterocycles. The van der Waals surface area contributed by atoms with Crippen LogP contribution in [0, 0.1) is 13.8 Å². The molecule has 7 heteroatoms. The predicted octanol–water partition coefficient (Wildman–Crippen LogP) is 4.41. The van der Waals surface area contributed by atoms with Crippen molar-refractivity contribution in [2.24, 2.45) is 0 Å². The van der Waals surface area contributed by atoms with E-state index in [1.807, 2.05) is 0 Å². The maximum Gasteiger partial charge on any atom is 0.181 e. The number of Topliss-reactive ketones (excluding diaryl/α,β-unsaturated/α-hetero) is 1. The van der Waals surface area contributed by atoms with Gasteiger partial charge in [0.05, 0.1) is 20.1 Å². The molecule has 2 aromatic carbocycles. The molecule has 1 aliphatic carbocycles. The Morgan fingerprint density at radius 2 is 1.56 bits per heavy atom. The molecule has 36 heavy (non-hydrogen) atoms. The smallest absolute Gasteiger partial charge is 0.181 e. The summed E-state index contributed by atoms with van der Waals surface area (Å²) in [7, 11) is 2.91. The SMILES string of the molecule is CCN1CCc2cc(C3C(=O)C(OOC)C(OOC)C3c3cc(C)c4c(c3)CCN4CC)c(C)cc21. The van der Waals surface area contributed by atoms with Crippen LogP contribution in [-0.4, -0.2) is 58.4 Å². The zero-order valence-corrected chi connectivity index (χ0v) is 22.3. The van der Waals surface area contributed by atoms with Gasteiger partial charge in [0.25, 0.3) is 0 Å². The van der Waals surface area contributed by atoms with Gasteiger partial charge in [-0.05, 0) is 80.0 Å². The first-order valence-corrected chi connectivity index (χ1v) is 13.1. The number of hydrogen-bond acceptors (Lipinski definition) is 7. The van der Waals surface area contributed by atoms with Crippen molar-refractivity contribution in [3.63, 3.8) is 0 Å². The number of hydrogen-bond donors (Lipinski definition) is 0. The van der Waals surface area contributed by atoms with Crippen LogP contribution in [0.1, 0.15) is 59.1 Å². The van der Waals surface area contributed by atoms with Crippen LogP contribution in [0.4, 0.5) is 11.4 Å². The van der Waals surface area contributed by atoms with Crippen molar-refractivity contribution in [1.82, 2.24) is 0 Å². The summed E-state index contributed by atoms with van der Waals surface area (Å²) in [5, 5.41) is 0. The number of benzene rings is 2. The van der Waals surface area contributed by atoms with Gasteiger partial charge in [0.15, 0.2) is 11.9 Å². The van der Waals surface area contributed by atoms with Gasteiger partial charge < -0.3 is 9.80 Å². The molecule has 0 radical (unpaired) electrons. The lowest BCUT2D eigenvalue weighted by atomic mass is 9.79. The minimum Gasteiger partial charge on any atom is -0.371 e. The van der Waals surface area contributed by atoms with Gasteiger partial charge in [-0.15, -0.1) is 0 Å². The molecular formula is C29H38N2O5. The molecule has 2 heterocycles. The van der Waals surface area contributed by atoms with Crippen LogP contribution < -0.4 is 9.80 Å². The second kappa shape index (κ2) is 10.1. The molecule has 4 unspecified atom stereocenters. The zero-order chi connectivity index (χ0) is 25.6. The maximum absolute atomic E-state index is 14.0. The molecule has 7 nitrogen and oxygen atoms in total. The van der Waals surface area contributed by atoms with E-state index >= 15 is 0 Å². The van der Waals surface area contributed by atoms with Gasteiger partial charge in [0, 0.05) is 43.5 Å². The molecule has 1 fully saturated rings. The van der Waals surface area contributed by atoms with Crippen LogP contribution in [0.2, 0.25) is 0 Å². The second-order valence-electron chi connectivity index (χ2n) is 10.2. The Morgan fingerprint density at radius 3 is 2.25 bits per heavy atom. The first kappa shape index (κ1) is 25.2. The van der Waals surface area contributed by atoms with Crippen LogP contribution in [0.5, 0.6) is 0 Å². The van der Waals surface area contributed by atoms with E-state index in [0.29, 0.717) is 0 Å². The molecule has 0 amide bonds. The summed E-state index contributed by atoms with van der Waals surface area (Å²) in [4.78, 5) is 40.3. The van der Waals surface area contributed by atoms with E-state index in [9.17, 15) is 4.79 Å². The van der Waals surface area contributed by atoms with Crippen molar-refractivity contribution < 1.29 is 24.3 Å². The lowest BCUT2D eigenvalue weighted by molar-refractivity contribution is -0.364. The van der Waals surface area contributed by atoms with E-state index in [4.69, 9.17) is 19.6 Å². The number of carbonyl (C=O) groups excluding carboxylic acids is 1. The summed E-state index contributed by atoms with van der Waals surface area (Å²) < 4.78 is 0. The third-order valence-corrected chi connectivity index (χ3v) is 8.32. The number of ketones is 1. The Hall–Kier alpha value is -2.45. The van der Waals surface area contributed by atoms with Crippen molar-refractivity contribution in [3.05, 3.63) is 57.6 Å². The largest absolute Gasteiger partial charge is 0.371 e. The van der Waals surface area contributed by atoms with E-state index in [1.54, 1.807) is 0 Å². The van der Waals surface area contributed by atoms with Crippen LogP contribution >= 0.6 is 0 Å². The Morgan fingerprint density at radius 1 is 0.861 bits per heavy atom. The molecule has 3 aliphatic rings. The Labute approximate surface area is 214 Å². The predicted molar refractivity (Wildman–Crippen MR) is 140 cm³/mol. The summed E-state index contributed by atoms with van der Waals surface area (Å²) in [6.45, 7) is 12.7. The number of carbonyl (C=O) groups is 1. The minimum atomic E-state index is -0.884. The molecule has 2 aromatic rings. The molecule has 1 saturated carbocycles. The normalized spacial score (nSPS) is 25.1. The van der Waals surface area contributed by atoms with Crippen molar-refractivity contribution in [3.8, 4) is 0 Å². The van der Waals surface area contributed by atoms with Crippen LogP contribution in [0.15, 0.2) is 24.3 Å². The van der Waals surface area contributed by atoms with Crippen LogP contribution in [0.3, 0.4) is 0 Å². The standard InChI is InChI=1S/C29H38N2O5/c1-7-30-11-9-19-16-22(17(3)14-23(19)30)25-24(28(35-33-5)29(27(25)32)36-34-6)21-13-18(4)26-20(15-21)10-12-31(26)8-2/h13-16,24-25,28-29H,7-12H2,1-6H3. The van der Waals surface area contributed by atoms with Gasteiger partial charge in [-0.1, -0.05) is 18.2 Å². The molecule has 4 atom stereocenters. The number of nitrogens with zero attached hydrogens (tertiary/aromatic N) is 2. The summed E-state index contributed by atoms with van der Waals surface area (Å²) in [5.41, 5.74) is 9.70. The summed E-state index contributed by atoms with van der Waals surface area (Å²) in [5.74, 6) is -0.726. The molecule has 0 spiro atoms. The van der Waals surface area contributed by atoms with Crippen molar-refractivity contribution in [2.45, 2.75) is 64.6 Å². The van der Waals surface area contributed by atoms with E-state index in [-0.39, 0.29) is 11.7 Å². The Kier molecular flexibility index (Phi) is 7.10. The maximum atomic E-state index is 14.0. The highest BCUT2D eigenvalue weighted by molar-refractivity contribution is 5.95. The summed E-state index contributed by atoms with van der Waals surface area (Å²) >= 11 is 0. The molecule has 0 saturated heterocycles. The zero-order valence-electron chi connectivity index (χ0n) is 22.3. The Balaban J connectivity index is 1.65. The van der Waals surface area contributed by atoms with Crippen molar-refractivity contribution >= 4 is 17.2 Å². The highest BCUT2D eigenvalue weighted by Crippen LogP contribution is 2.50. The molecule has 0 bridgehead atoms. The quantitative estimate of drug-likeness (QED) is 0.398. The Bertz CT molecular complexity index is 1150. The fourth-order valence-electron chi connectivity index (χ4n) is 6.74. The van der Waals surface area contributed by atoms with Crippen molar-refractivity contribution in [1.29, 1.82) is 0 Å². The fourth-order valence-corrected chi connectivity index (χ4v) is 6.74. The monoisotopic (exact) mass is 494 g/mol. The second-order valence-corrected chi connectivity index (χ2v) is 10.2. The highest BCUT2D eigenvalue weighted by Gasteiger charge is 2.55.